The van der Waals surface area contributed by atoms with Crippen LogP contribution in [-0.4, -0.2) is 16.5 Å². The van der Waals surface area contributed by atoms with E-state index in [1.165, 1.54) is 11.1 Å². The molecule has 0 unspecified atom stereocenters. The average molecular weight is 227 g/mol. The van der Waals surface area contributed by atoms with Crippen LogP contribution >= 0.6 is 0 Å². The zero-order chi connectivity index (χ0) is 12.3. The number of nitrogens with zero attached hydrogens (tertiary/aromatic N) is 2. The number of aromatic nitrogens is 2. The van der Waals surface area contributed by atoms with E-state index in [4.69, 9.17) is 0 Å². The minimum Gasteiger partial charge on any atom is -0.370 e. The van der Waals surface area contributed by atoms with E-state index in [9.17, 15) is 0 Å². The first kappa shape index (κ1) is 11.6. The van der Waals surface area contributed by atoms with Crippen LogP contribution in [0.15, 0.2) is 30.6 Å². The molecule has 1 aromatic heterocycles. The van der Waals surface area contributed by atoms with Gasteiger partial charge in [-0.05, 0) is 26.3 Å². The molecule has 1 heterocycles. The summed E-state index contributed by atoms with van der Waals surface area (Å²) in [6.07, 6.45) is 1.62. The molecule has 0 bridgehead atoms. The van der Waals surface area contributed by atoms with Crippen molar-refractivity contribution in [3.8, 4) is 11.3 Å². The lowest BCUT2D eigenvalue weighted by Crippen LogP contribution is -2.04. The van der Waals surface area contributed by atoms with Crippen LogP contribution in [0.4, 0.5) is 5.82 Å². The summed E-state index contributed by atoms with van der Waals surface area (Å²) < 4.78 is 0. The molecule has 0 aliphatic carbocycles. The van der Waals surface area contributed by atoms with Gasteiger partial charge >= 0.3 is 0 Å². The first-order valence-corrected chi connectivity index (χ1v) is 5.85. The number of hydrogen-bond donors (Lipinski definition) is 1. The van der Waals surface area contributed by atoms with Crippen LogP contribution in [0, 0.1) is 13.8 Å². The Morgan fingerprint density at radius 1 is 1.12 bits per heavy atom. The molecular formula is C14H17N3. The lowest BCUT2D eigenvalue weighted by Gasteiger charge is -2.11. The molecular weight excluding hydrogens is 210 g/mol. The Morgan fingerprint density at radius 3 is 2.59 bits per heavy atom. The molecule has 88 valence electrons. The highest BCUT2D eigenvalue weighted by Crippen LogP contribution is 2.26. The number of rotatable bonds is 3. The largest absolute Gasteiger partial charge is 0.370 e. The van der Waals surface area contributed by atoms with Gasteiger partial charge in [-0.25, -0.2) is 9.97 Å². The van der Waals surface area contributed by atoms with Gasteiger partial charge < -0.3 is 5.32 Å². The van der Waals surface area contributed by atoms with E-state index in [0.29, 0.717) is 0 Å². The summed E-state index contributed by atoms with van der Waals surface area (Å²) in [5.41, 5.74) is 4.51. The first-order valence-electron chi connectivity index (χ1n) is 5.85. The summed E-state index contributed by atoms with van der Waals surface area (Å²) >= 11 is 0. The molecule has 2 rings (SSSR count). The van der Waals surface area contributed by atoms with Crippen LogP contribution in [0.2, 0.25) is 0 Å². The van der Waals surface area contributed by atoms with E-state index in [0.717, 1.165) is 23.6 Å². The monoisotopic (exact) mass is 227 g/mol. The lowest BCUT2D eigenvalue weighted by atomic mass is 10.0. The van der Waals surface area contributed by atoms with Gasteiger partial charge in [-0.2, -0.15) is 0 Å². The predicted octanol–water partition coefficient (Wildman–Crippen LogP) is 3.19. The van der Waals surface area contributed by atoms with Gasteiger partial charge in [0, 0.05) is 17.7 Å². The molecule has 0 spiro atoms. The normalized spacial score (nSPS) is 10.3. The molecule has 17 heavy (non-hydrogen) atoms. The molecule has 0 fully saturated rings. The van der Waals surface area contributed by atoms with Crippen molar-refractivity contribution in [1.29, 1.82) is 0 Å². The number of aryl methyl sites for hydroxylation is 1. The average Bonchev–Trinajstić information content (AvgIpc) is 2.33. The van der Waals surface area contributed by atoms with Crippen LogP contribution in [-0.2, 0) is 0 Å². The molecule has 0 saturated heterocycles. The molecule has 0 amide bonds. The minimum atomic E-state index is 0.866. The van der Waals surface area contributed by atoms with Gasteiger partial charge in [-0.1, -0.05) is 24.3 Å². The third-order valence-corrected chi connectivity index (χ3v) is 2.83. The van der Waals surface area contributed by atoms with Crippen LogP contribution in [0.1, 0.15) is 18.1 Å². The minimum absolute atomic E-state index is 0.866. The maximum Gasteiger partial charge on any atom is 0.132 e. The van der Waals surface area contributed by atoms with E-state index in [-0.39, 0.29) is 0 Å². The van der Waals surface area contributed by atoms with E-state index in [2.05, 4.69) is 48.2 Å². The topological polar surface area (TPSA) is 37.8 Å². The van der Waals surface area contributed by atoms with Crippen LogP contribution in [0.3, 0.4) is 0 Å². The first-order chi connectivity index (χ1) is 8.24. The highest BCUT2D eigenvalue weighted by atomic mass is 15.0. The van der Waals surface area contributed by atoms with Crippen molar-refractivity contribution in [2.45, 2.75) is 20.8 Å². The summed E-state index contributed by atoms with van der Waals surface area (Å²) in [6.45, 7) is 7.09. The van der Waals surface area contributed by atoms with Crippen molar-refractivity contribution >= 4 is 5.82 Å². The third kappa shape index (κ3) is 2.28. The Balaban J connectivity index is 2.53. The maximum atomic E-state index is 4.40. The number of anilines is 1. The second-order valence-corrected chi connectivity index (χ2v) is 4.04. The quantitative estimate of drug-likeness (QED) is 0.875. The molecule has 3 nitrogen and oxygen atoms in total. The molecule has 0 aliphatic heterocycles. The van der Waals surface area contributed by atoms with Gasteiger partial charge in [-0.15, -0.1) is 0 Å². The SMILES string of the molecule is CCNc1ncnc(-c2ccccc2C)c1C. The Hall–Kier alpha value is -1.90. The van der Waals surface area contributed by atoms with Gasteiger partial charge in [0.1, 0.15) is 12.1 Å². The summed E-state index contributed by atoms with van der Waals surface area (Å²) in [5.74, 6) is 0.917. The highest BCUT2D eigenvalue weighted by molar-refractivity contribution is 5.70. The van der Waals surface area contributed by atoms with E-state index in [1.807, 2.05) is 12.1 Å². The van der Waals surface area contributed by atoms with Crippen LogP contribution in [0.25, 0.3) is 11.3 Å². The standard InChI is InChI=1S/C14H17N3/c1-4-15-14-11(3)13(16-9-17-14)12-8-6-5-7-10(12)2/h5-9H,4H2,1-3H3,(H,15,16,17). The predicted molar refractivity (Wildman–Crippen MR) is 71.1 cm³/mol. The van der Waals surface area contributed by atoms with Crippen molar-refractivity contribution in [2.75, 3.05) is 11.9 Å². The highest BCUT2D eigenvalue weighted by Gasteiger charge is 2.09. The van der Waals surface area contributed by atoms with E-state index >= 15 is 0 Å². The molecule has 0 radical (unpaired) electrons. The molecule has 0 atom stereocenters. The fourth-order valence-electron chi connectivity index (χ4n) is 1.91. The summed E-state index contributed by atoms with van der Waals surface area (Å²) in [6, 6.07) is 8.28. The van der Waals surface area contributed by atoms with Gasteiger partial charge in [0.2, 0.25) is 0 Å². The van der Waals surface area contributed by atoms with E-state index < -0.39 is 0 Å². The molecule has 3 heteroatoms. The maximum absolute atomic E-state index is 4.40. The second-order valence-electron chi connectivity index (χ2n) is 4.04. The smallest absolute Gasteiger partial charge is 0.132 e. The van der Waals surface area contributed by atoms with Gasteiger partial charge in [0.05, 0.1) is 5.69 Å². The molecule has 0 saturated carbocycles. The Labute approximate surface area is 102 Å². The van der Waals surface area contributed by atoms with Gasteiger partial charge in [0.25, 0.3) is 0 Å². The van der Waals surface area contributed by atoms with Gasteiger partial charge in [0.15, 0.2) is 0 Å². The summed E-state index contributed by atoms with van der Waals surface area (Å²) in [5, 5.41) is 3.25. The molecule has 2 aromatic rings. The van der Waals surface area contributed by atoms with Crippen molar-refractivity contribution in [2.24, 2.45) is 0 Å². The second kappa shape index (κ2) is 4.95. The third-order valence-electron chi connectivity index (χ3n) is 2.83. The Kier molecular flexibility index (Phi) is 3.38. The fourth-order valence-corrected chi connectivity index (χ4v) is 1.91. The molecule has 1 aromatic carbocycles. The molecule has 0 aliphatic rings. The zero-order valence-corrected chi connectivity index (χ0v) is 10.5. The number of hydrogen-bond acceptors (Lipinski definition) is 3. The summed E-state index contributed by atoms with van der Waals surface area (Å²) in [7, 11) is 0. The number of benzene rings is 1. The van der Waals surface area contributed by atoms with Crippen molar-refractivity contribution in [3.63, 3.8) is 0 Å². The van der Waals surface area contributed by atoms with Gasteiger partial charge in [-0.3, -0.25) is 0 Å². The summed E-state index contributed by atoms with van der Waals surface area (Å²) in [4.78, 5) is 8.66. The Morgan fingerprint density at radius 2 is 1.88 bits per heavy atom. The Bertz CT molecular complexity index is 521. The zero-order valence-electron chi connectivity index (χ0n) is 10.5. The molecule has 1 N–H and O–H groups in total. The van der Waals surface area contributed by atoms with Crippen molar-refractivity contribution in [1.82, 2.24) is 9.97 Å². The lowest BCUT2D eigenvalue weighted by molar-refractivity contribution is 1.08. The number of nitrogens with one attached hydrogen (secondary N) is 1. The fraction of sp³-hybridized carbons (Fsp3) is 0.286. The van der Waals surface area contributed by atoms with Crippen LogP contribution < -0.4 is 5.32 Å². The van der Waals surface area contributed by atoms with Crippen LogP contribution in [0.5, 0.6) is 0 Å². The van der Waals surface area contributed by atoms with E-state index in [1.54, 1.807) is 6.33 Å². The van der Waals surface area contributed by atoms with Crippen molar-refractivity contribution < 1.29 is 0 Å². The van der Waals surface area contributed by atoms with Crippen molar-refractivity contribution in [3.05, 3.63) is 41.7 Å².